The van der Waals surface area contributed by atoms with Crippen molar-refractivity contribution in [2.75, 3.05) is 13.1 Å². The first-order chi connectivity index (χ1) is 7.51. The summed E-state index contributed by atoms with van der Waals surface area (Å²) in [5.41, 5.74) is 5.78. The van der Waals surface area contributed by atoms with Gasteiger partial charge in [0.1, 0.15) is 5.54 Å². The van der Waals surface area contributed by atoms with Crippen LogP contribution in [-0.2, 0) is 18.4 Å². The fraction of sp³-hybridized carbons (Fsp3) is 0.600. The third kappa shape index (κ3) is 1.94. The molecular formula is C10H16N4O2. The Labute approximate surface area is 93.6 Å². The smallest absolute Gasteiger partial charge is 0.325 e. The Morgan fingerprint density at radius 1 is 1.75 bits per heavy atom. The topological polar surface area (TPSA) is 84.4 Å². The molecule has 2 heterocycles. The van der Waals surface area contributed by atoms with Crippen LogP contribution in [0.15, 0.2) is 12.3 Å². The highest BCUT2D eigenvalue weighted by atomic mass is 16.4. The summed E-state index contributed by atoms with van der Waals surface area (Å²) in [6, 6.07) is 1.93. The number of carboxylic acid groups (broad SMARTS) is 1. The largest absolute Gasteiger partial charge is 0.480 e. The van der Waals surface area contributed by atoms with Crippen molar-refractivity contribution in [1.29, 1.82) is 0 Å². The first-order valence-electron chi connectivity index (χ1n) is 5.23. The van der Waals surface area contributed by atoms with Gasteiger partial charge in [0.25, 0.3) is 0 Å². The van der Waals surface area contributed by atoms with E-state index in [4.69, 9.17) is 10.8 Å². The molecule has 3 N–H and O–H groups in total. The summed E-state index contributed by atoms with van der Waals surface area (Å²) >= 11 is 0. The minimum absolute atomic E-state index is 0.396. The van der Waals surface area contributed by atoms with Gasteiger partial charge in [-0.3, -0.25) is 14.4 Å². The minimum Gasteiger partial charge on any atom is -0.480 e. The maximum Gasteiger partial charge on any atom is 0.325 e. The quantitative estimate of drug-likeness (QED) is 0.716. The molecule has 6 nitrogen and oxygen atoms in total. The lowest BCUT2D eigenvalue weighted by atomic mass is 10.0. The minimum atomic E-state index is -1.08. The van der Waals surface area contributed by atoms with E-state index < -0.39 is 11.5 Å². The number of hydrogen-bond donors (Lipinski definition) is 2. The van der Waals surface area contributed by atoms with Gasteiger partial charge >= 0.3 is 5.97 Å². The van der Waals surface area contributed by atoms with Crippen molar-refractivity contribution in [1.82, 2.24) is 14.7 Å². The number of nitrogens with two attached hydrogens (primary N) is 1. The van der Waals surface area contributed by atoms with E-state index in [0.29, 0.717) is 26.1 Å². The Hall–Kier alpha value is -1.40. The van der Waals surface area contributed by atoms with Crippen LogP contribution in [0, 0.1) is 0 Å². The highest BCUT2D eigenvalue weighted by molar-refractivity contribution is 5.79. The van der Waals surface area contributed by atoms with Crippen LogP contribution >= 0.6 is 0 Å². The Morgan fingerprint density at radius 3 is 3.00 bits per heavy atom. The van der Waals surface area contributed by atoms with Crippen molar-refractivity contribution in [3.63, 3.8) is 0 Å². The number of carboxylic acids is 1. The lowest BCUT2D eigenvalue weighted by molar-refractivity contribution is -0.142. The number of aryl methyl sites for hydroxylation is 1. The highest BCUT2D eigenvalue weighted by Gasteiger charge is 2.41. The third-order valence-electron chi connectivity index (χ3n) is 3.11. The van der Waals surface area contributed by atoms with Crippen LogP contribution in [0.4, 0.5) is 0 Å². The van der Waals surface area contributed by atoms with Crippen LogP contribution < -0.4 is 5.73 Å². The molecule has 88 valence electrons. The van der Waals surface area contributed by atoms with E-state index in [-0.39, 0.29) is 0 Å². The summed E-state index contributed by atoms with van der Waals surface area (Å²) < 4.78 is 1.79. The van der Waals surface area contributed by atoms with E-state index in [1.807, 2.05) is 18.0 Å². The zero-order chi connectivity index (χ0) is 11.8. The summed E-state index contributed by atoms with van der Waals surface area (Å²) in [7, 11) is 1.87. The molecule has 1 saturated heterocycles. The van der Waals surface area contributed by atoms with Crippen molar-refractivity contribution >= 4 is 5.97 Å². The standard InChI is InChI=1S/C10H16N4O2/c1-13-8(2-4-12-13)6-14-5-3-10(11,7-14)9(15)16/h2,4H,3,5-7,11H2,1H3,(H,15,16). The van der Waals surface area contributed by atoms with Gasteiger partial charge in [-0.1, -0.05) is 0 Å². The first kappa shape index (κ1) is 11.1. The van der Waals surface area contributed by atoms with Gasteiger partial charge in [-0.2, -0.15) is 5.10 Å². The maximum absolute atomic E-state index is 11.0. The number of nitrogens with zero attached hydrogens (tertiary/aromatic N) is 3. The molecule has 16 heavy (non-hydrogen) atoms. The lowest BCUT2D eigenvalue weighted by Gasteiger charge is -2.19. The van der Waals surface area contributed by atoms with Gasteiger partial charge in [-0.15, -0.1) is 0 Å². The van der Waals surface area contributed by atoms with E-state index in [1.54, 1.807) is 10.9 Å². The predicted molar refractivity (Wildman–Crippen MR) is 57.7 cm³/mol. The molecular weight excluding hydrogens is 208 g/mol. The third-order valence-corrected chi connectivity index (χ3v) is 3.11. The average Bonchev–Trinajstić information content (AvgIpc) is 2.77. The number of rotatable bonds is 3. The molecule has 2 rings (SSSR count). The van der Waals surface area contributed by atoms with Gasteiger partial charge < -0.3 is 10.8 Å². The second-order valence-corrected chi connectivity index (χ2v) is 4.37. The number of aliphatic carboxylic acids is 1. The van der Waals surface area contributed by atoms with E-state index in [9.17, 15) is 4.79 Å². The molecule has 1 aromatic rings. The van der Waals surface area contributed by atoms with Crippen molar-refractivity contribution in [2.45, 2.75) is 18.5 Å². The molecule has 6 heteroatoms. The zero-order valence-corrected chi connectivity index (χ0v) is 9.26. The number of carbonyl (C=O) groups is 1. The van der Waals surface area contributed by atoms with Crippen molar-refractivity contribution in [3.05, 3.63) is 18.0 Å². The molecule has 0 bridgehead atoms. The van der Waals surface area contributed by atoms with Gasteiger partial charge in [0.15, 0.2) is 0 Å². The van der Waals surface area contributed by atoms with E-state index in [0.717, 1.165) is 5.69 Å². The van der Waals surface area contributed by atoms with Gasteiger partial charge in [0.2, 0.25) is 0 Å². The molecule has 0 radical (unpaired) electrons. The van der Waals surface area contributed by atoms with Crippen molar-refractivity contribution in [3.8, 4) is 0 Å². The first-order valence-corrected chi connectivity index (χ1v) is 5.23. The van der Waals surface area contributed by atoms with Crippen LogP contribution in [0.5, 0.6) is 0 Å². The second-order valence-electron chi connectivity index (χ2n) is 4.37. The molecule has 0 spiro atoms. The molecule has 1 aliphatic heterocycles. The summed E-state index contributed by atoms with van der Waals surface area (Å²) in [5, 5.41) is 13.1. The van der Waals surface area contributed by atoms with E-state index in [2.05, 4.69) is 5.10 Å². The normalized spacial score (nSPS) is 26.1. The summed E-state index contributed by atoms with van der Waals surface area (Å²) in [6.45, 7) is 1.81. The predicted octanol–water partition coefficient (Wildman–Crippen LogP) is -0.592. The Balaban J connectivity index is 2.00. The lowest BCUT2D eigenvalue weighted by Crippen LogP contribution is -2.50. The van der Waals surface area contributed by atoms with E-state index in [1.165, 1.54) is 0 Å². The molecule has 1 aliphatic rings. The Morgan fingerprint density at radius 2 is 2.50 bits per heavy atom. The fourth-order valence-corrected chi connectivity index (χ4v) is 2.01. The van der Waals surface area contributed by atoms with Crippen LogP contribution in [-0.4, -0.2) is 44.4 Å². The second kappa shape index (κ2) is 3.88. The van der Waals surface area contributed by atoms with Crippen LogP contribution in [0.1, 0.15) is 12.1 Å². The van der Waals surface area contributed by atoms with Crippen LogP contribution in [0.25, 0.3) is 0 Å². The SMILES string of the molecule is Cn1nccc1CN1CCC(N)(C(=O)O)C1. The highest BCUT2D eigenvalue weighted by Crippen LogP contribution is 2.20. The van der Waals surface area contributed by atoms with Gasteiger partial charge in [-0.25, -0.2) is 0 Å². The molecule has 1 aromatic heterocycles. The summed E-state index contributed by atoms with van der Waals surface area (Å²) in [4.78, 5) is 13.0. The molecule has 1 fully saturated rings. The maximum atomic E-state index is 11.0. The van der Waals surface area contributed by atoms with Crippen LogP contribution in [0.3, 0.4) is 0 Å². The number of likely N-dealkylation sites (tertiary alicyclic amines) is 1. The fourth-order valence-electron chi connectivity index (χ4n) is 2.01. The van der Waals surface area contributed by atoms with Crippen molar-refractivity contribution < 1.29 is 9.90 Å². The molecule has 0 aliphatic carbocycles. The molecule has 0 amide bonds. The van der Waals surface area contributed by atoms with Crippen LogP contribution in [0.2, 0.25) is 0 Å². The molecule has 1 atom stereocenters. The zero-order valence-electron chi connectivity index (χ0n) is 9.26. The summed E-state index contributed by atoms with van der Waals surface area (Å²) in [5.74, 6) is -0.917. The Bertz CT molecular complexity index is 403. The monoisotopic (exact) mass is 224 g/mol. The molecule has 1 unspecified atom stereocenters. The molecule has 0 saturated carbocycles. The Kier molecular flexibility index (Phi) is 2.69. The van der Waals surface area contributed by atoms with E-state index >= 15 is 0 Å². The summed E-state index contributed by atoms with van der Waals surface area (Å²) in [6.07, 6.45) is 2.23. The average molecular weight is 224 g/mol. The molecule has 0 aromatic carbocycles. The van der Waals surface area contributed by atoms with Gasteiger partial charge in [-0.05, 0) is 12.5 Å². The number of aromatic nitrogens is 2. The van der Waals surface area contributed by atoms with Gasteiger partial charge in [0, 0.05) is 32.9 Å². The van der Waals surface area contributed by atoms with Gasteiger partial charge in [0.05, 0.1) is 5.69 Å². The van der Waals surface area contributed by atoms with Crippen molar-refractivity contribution in [2.24, 2.45) is 12.8 Å². The number of hydrogen-bond acceptors (Lipinski definition) is 4.